The van der Waals surface area contributed by atoms with Gasteiger partial charge < -0.3 is 14.5 Å². The lowest BCUT2D eigenvalue weighted by atomic mass is 9.88. The molecule has 1 aliphatic carbocycles. The van der Waals surface area contributed by atoms with E-state index >= 15 is 0 Å². The largest absolute Gasteiger partial charge is 0.356 e. The van der Waals surface area contributed by atoms with Crippen LogP contribution in [0.3, 0.4) is 0 Å². The van der Waals surface area contributed by atoms with Crippen LogP contribution in [0.25, 0.3) is 0 Å². The molecule has 2 fully saturated rings. The smallest absolute Gasteiger partial charge is 0.253 e. The predicted octanol–water partition coefficient (Wildman–Crippen LogP) is 3.40. The highest BCUT2D eigenvalue weighted by molar-refractivity contribution is 5.86. The van der Waals surface area contributed by atoms with Gasteiger partial charge in [0.15, 0.2) is 6.10 Å². The fourth-order valence-electron chi connectivity index (χ4n) is 4.49. The Labute approximate surface area is 162 Å². The average molecular weight is 373 g/mol. The first-order valence-electron chi connectivity index (χ1n) is 10.2. The summed E-state index contributed by atoms with van der Waals surface area (Å²) in [7, 11) is 1.87. The summed E-state index contributed by atoms with van der Waals surface area (Å²) in [4.78, 5) is 29.5. The minimum atomic E-state index is -0.652. The first kappa shape index (κ1) is 19.9. The highest BCUT2D eigenvalue weighted by Crippen LogP contribution is 2.33. The number of carbonyl (C=O) groups excluding carboxylic acids is 2. The van der Waals surface area contributed by atoms with Crippen LogP contribution in [-0.4, -0.2) is 54.0 Å². The lowest BCUT2D eigenvalue weighted by molar-refractivity contribution is -0.171. The van der Waals surface area contributed by atoms with Crippen LogP contribution in [0.2, 0.25) is 0 Å². The maximum Gasteiger partial charge on any atom is 0.253 e. The van der Waals surface area contributed by atoms with E-state index in [0.29, 0.717) is 5.92 Å². The van der Waals surface area contributed by atoms with Crippen LogP contribution in [0.4, 0.5) is 0 Å². The molecule has 0 radical (unpaired) electrons. The monoisotopic (exact) mass is 372 g/mol. The Morgan fingerprint density at radius 1 is 1.19 bits per heavy atom. The summed E-state index contributed by atoms with van der Waals surface area (Å²) in [5, 5.41) is 0. The number of morpholine rings is 1. The standard InChI is InChI=1S/C22H32N2O3/c1-16(2)24-19(25)15-27-21(20(24)18-12-8-5-9-13-18)22(26)23(3)14-17-10-6-4-7-11-17/h5,8-9,12-13,16-17,20-21H,4,6-7,10-11,14-15H2,1-3H3/t20-,21+/m1/s1. The molecular weight excluding hydrogens is 340 g/mol. The van der Waals surface area contributed by atoms with Crippen LogP contribution in [0, 0.1) is 5.92 Å². The maximum atomic E-state index is 13.3. The molecule has 5 heteroatoms. The van der Waals surface area contributed by atoms with E-state index < -0.39 is 6.10 Å². The number of benzene rings is 1. The first-order chi connectivity index (χ1) is 13.0. The van der Waals surface area contributed by atoms with E-state index in [9.17, 15) is 9.59 Å². The fourth-order valence-corrected chi connectivity index (χ4v) is 4.49. The third-order valence-electron chi connectivity index (χ3n) is 5.83. The van der Waals surface area contributed by atoms with E-state index in [4.69, 9.17) is 4.74 Å². The molecule has 148 valence electrons. The second-order valence-corrected chi connectivity index (χ2v) is 8.20. The summed E-state index contributed by atoms with van der Waals surface area (Å²) in [6.45, 7) is 4.73. The normalized spacial score (nSPS) is 24.3. The summed E-state index contributed by atoms with van der Waals surface area (Å²) in [6, 6.07) is 9.41. The predicted molar refractivity (Wildman–Crippen MR) is 105 cm³/mol. The van der Waals surface area contributed by atoms with E-state index in [2.05, 4.69) is 0 Å². The maximum absolute atomic E-state index is 13.3. The van der Waals surface area contributed by atoms with Crippen LogP contribution in [0.15, 0.2) is 30.3 Å². The van der Waals surface area contributed by atoms with Crippen molar-refractivity contribution in [3.05, 3.63) is 35.9 Å². The number of hydrogen-bond donors (Lipinski definition) is 0. The van der Waals surface area contributed by atoms with Gasteiger partial charge in [0.1, 0.15) is 6.61 Å². The molecule has 1 aromatic rings. The van der Waals surface area contributed by atoms with Gasteiger partial charge in [-0.25, -0.2) is 0 Å². The van der Waals surface area contributed by atoms with Crippen molar-refractivity contribution < 1.29 is 14.3 Å². The fraction of sp³-hybridized carbons (Fsp3) is 0.636. The van der Waals surface area contributed by atoms with Gasteiger partial charge in [-0.15, -0.1) is 0 Å². The Morgan fingerprint density at radius 3 is 2.48 bits per heavy atom. The third kappa shape index (κ3) is 4.52. The van der Waals surface area contributed by atoms with Gasteiger partial charge in [-0.05, 0) is 38.2 Å². The van der Waals surface area contributed by atoms with Crippen LogP contribution in [-0.2, 0) is 14.3 Å². The van der Waals surface area contributed by atoms with Gasteiger partial charge in [0.05, 0.1) is 6.04 Å². The van der Waals surface area contributed by atoms with Crippen molar-refractivity contribution in [3.8, 4) is 0 Å². The Hall–Kier alpha value is -1.88. The van der Waals surface area contributed by atoms with Crippen LogP contribution >= 0.6 is 0 Å². The zero-order valence-electron chi connectivity index (χ0n) is 16.8. The molecule has 2 amide bonds. The van der Waals surface area contributed by atoms with Gasteiger partial charge in [0.25, 0.3) is 5.91 Å². The quantitative estimate of drug-likeness (QED) is 0.796. The van der Waals surface area contributed by atoms with Gasteiger partial charge in [0, 0.05) is 19.6 Å². The SMILES string of the molecule is CC(C)N1C(=O)CO[C@H](C(=O)N(C)CC2CCCCC2)[C@H]1c1ccccc1. The second kappa shape index (κ2) is 8.87. The molecule has 0 aromatic heterocycles. The minimum absolute atomic E-state index is 0.00515. The molecule has 0 bridgehead atoms. The third-order valence-corrected chi connectivity index (χ3v) is 5.83. The number of amides is 2. The van der Waals surface area contributed by atoms with E-state index in [1.165, 1.54) is 32.1 Å². The van der Waals surface area contributed by atoms with Crippen LogP contribution < -0.4 is 0 Å². The van der Waals surface area contributed by atoms with Gasteiger partial charge >= 0.3 is 0 Å². The Bertz CT molecular complexity index is 640. The van der Waals surface area contributed by atoms with Crippen molar-refractivity contribution in [3.63, 3.8) is 0 Å². The lowest BCUT2D eigenvalue weighted by Gasteiger charge is -2.44. The van der Waals surface area contributed by atoms with Gasteiger partial charge in [-0.2, -0.15) is 0 Å². The molecule has 0 spiro atoms. The second-order valence-electron chi connectivity index (χ2n) is 8.20. The Kier molecular flexibility index (Phi) is 6.53. The van der Waals surface area contributed by atoms with Crippen molar-refractivity contribution in [1.82, 2.24) is 9.80 Å². The summed E-state index contributed by atoms with van der Waals surface area (Å²) in [5.74, 6) is 0.500. The molecule has 1 saturated carbocycles. The molecule has 2 atom stereocenters. The van der Waals surface area contributed by atoms with E-state index in [1.54, 1.807) is 0 Å². The molecule has 5 nitrogen and oxygen atoms in total. The van der Waals surface area contributed by atoms with Crippen molar-refractivity contribution in [2.75, 3.05) is 20.2 Å². The molecule has 1 aromatic carbocycles. The Morgan fingerprint density at radius 2 is 1.85 bits per heavy atom. The molecule has 1 saturated heterocycles. The number of rotatable bonds is 5. The number of likely N-dealkylation sites (N-methyl/N-ethyl adjacent to an activating group) is 1. The molecule has 1 heterocycles. The molecule has 0 unspecified atom stereocenters. The van der Waals surface area contributed by atoms with Gasteiger partial charge in [0.2, 0.25) is 5.91 Å². The highest BCUT2D eigenvalue weighted by Gasteiger charge is 2.43. The number of hydrogen-bond acceptors (Lipinski definition) is 3. The van der Waals surface area contributed by atoms with Crippen molar-refractivity contribution >= 4 is 11.8 Å². The van der Waals surface area contributed by atoms with Crippen molar-refractivity contribution in [2.45, 2.75) is 64.1 Å². The average Bonchev–Trinajstić information content (AvgIpc) is 2.68. The van der Waals surface area contributed by atoms with E-state index in [-0.39, 0.29) is 30.5 Å². The first-order valence-corrected chi connectivity index (χ1v) is 10.2. The van der Waals surface area contributed by atoms with Crippen LogP contribution in [0.1, 0.15) is 57.6 Å². The summed E-state index contributed by atoms with van der Waals surface area (Å²) >= 11 is 0. The van der Waals surface area contributed by atoms with Crippen LogP contribution in [0.5, 0.6) is 0 Å². The lowest BCUT2D eigenvalue weighted by Crippen LogP contribution is -2.56. The molecule has 3 rings (SSSR count). The molecule has 2 aliphatic rings. The van der Waals surface area contributed by atoms with Gasteiger partial charge in [-0.3, -0.25) is 9.59 Å². The number of ether oxygens (including phenoxy) is 1. The summed E-state index contributed by atoms with van der Waals surface area (Å²) < 4.78 is 5.83. The summed E-state index contributed by atoms with van der Waals surface area (Å²) in [5.41, 5.74) is 0.948. The van der Waals surface area contributed by atoms with E-state index in [0.717, 1.165) is 12.1 Å². The molecule has 0 N–H and O–H groups in total. The minimum Gasteiger partial charge on any atom is -0.356 e. The molecular formula is C22H32N2O3. The zero-order valence-corrected chi connectivity index (χ0v) is 16.8. The van der Waals surface area contributed by atoms with Crippen molar-refractivity contribution in [2.24, 2.45) is 5.92 Å². The number of nitrogens with zero attached hydrogens (tertiary/aromatic N) is 2. The molecule has 1 aliphatic heterocycles. The zero-order chi connectivity index (χ0) is 19.4. The topological polar surface area (TPSA) is 49.9 Å². The van der Waals surface area contributed by atoms with E-state index in [1.807, 2.05) is 61.0 Å². The Balaban J connectivity index is 1.82. The highest BCUT2D eigenvalue weighted by atomic mass is 16.5. The van der Waals surface area contributed by atoms with Gasteiger partial charge in [-0.1, -0.05) is 49.6 Å². The molecule has 27 heavy (non-hydrogen) atoms. The number of carbonyl (C=O) groups is 2. The summed E-state index contributed by atoms with van der Waals surface area (Å²) in [6.07, 6.45) is 5.57. The van der Waals surface area contributed by atoms with Crippen molar-refractivity contribution in [1.29, 1.82) is 0 Å².